The molecule has 0 spiro atoms. The van der Waals surface area contributed by atoms with E-state index in [0.717, 1.165) is 0 Å². The highest BCUT2D eigenvalue weighted by molar-refractivity contribution is 7.29. The Hall–Kier alpha value is -10.0. The van der Waals surface area contributed by atoms with E-state index in [0.29, 0.717) is 0 Å². The molecule has 0 N–H and O–H groups in total. The van der Waals surface area contributed by atoms with Gasteiger partial charge in [-0.25, -0.2) is 0 Å². The lowest BCUT2D eigenvalue weighted by molar-refractivity contribution is 1.64. The number of thiophene rings is 4. The van der Waals surface area contributed by atoms with Crippen molar-refractivity contribution in [3.05, 3.63) is 279 Å². The summed E-state index contributed by atoms with van der Waals surface area (Å²) in [5.74, 6) is 0. The first-order chi connectivity index (χ1) is 43.6. The minimum absolute atomic E-state index is 1.21. The van der Waals surface area contributed by atoms with Crippen molar-refractivity contribution in [2.75, 3.05) is 0 Å². The SMILES string of the molecule is c1ccc(-c2c3ccccc3c(-c3cc4sc5ccc(-c6ccc(-c7c8ccccc8c(-c8c9sc%10ccccc%10c9cc9c8sc8ccc%10ccccc%10c89)c8ccccc78)cc6)cc5c4c4c3sc3cc5ccccc5cc34)c3ccccc23)cc1. The summed E-state index contributed by atoms with van der Waals surface area (Å²) in [4.78, 5) is 0. The zero-order chi connectivity index (χ0) is 57.3. The molecule has 0 unspecified atom stereocenters. The minimum atomic E-state index is 1.21. The van der Waals surface area contributed by atoms with E-state index in [1.54, 1.807) is 0 Å². The summed E-state index contributed by atoms with van der Waals surface area (Å²) < 4.78 is 10.6. The van der Waals surface area contributed by atoms with Gasteiger partial charge in [-0.3, -0.25) is 0 Å². The third-order valence-corrected chi connectivity index (χ3v) is 23.7. The summed E-state index contributed by atoms with van der Waals surface area (Å²) in [6.07, 6.45) is 0. The average molecular weight is 1180 g/mol. The lowest BCUT2D eigenvalue weighted by Gasteiger charge is -2.19. The van der Waals surface area contributed by atoms with Gasteiger partial charge in [0.2, 0.25) is 0 Å². The van der Waals surface area contributed by atoms with Crippen molar-refractivity contribution >= 4 is 191 Å². The molecule has 0 aliphatic heterocycles. The summed E-state index contributed by atoms with van der Waals surface area (Å²) in [7, 11) is 0. The third-order valence-electron chi connectivity index (χ3n) is 19.0. The smallest absolute Gasteiger partial charge is 0.0449 e. The molecule has 0 radical (unpaired) electrons. The zero-order valence-corrected chi connectivity index (χ0v) is 50.5. The molecule has 0 aliphatic rings. The fourth-order valence-corrected chi connectivity index (χ4v) is 20.2. The topological polar surface area (TPSA) is 0 Å². The predicted octanol–water partition coefficient (Wildman–Crippen LogP) is 26.4. The molecular weight excluding hydrogens is 1140 g/mol. The Morgan fingerprint density at radius 1 is 0.170 bits per heavy atom. The van der Waals surface area contributed by atoms with Gasteiger partial charge in [-0.2, -0.15) is 0 Å². The van der Waals surface area contributed by atoms with E-state index < -0.39 is 0 Å². The van der Waals surface area contributed by atoms with Crippen molar-refractivity contribution in [3.63, 3.8) is 0 Å². The Morgan fingerprint density at radius 3 is 1.31 bits per heavy atom. The van der Waals surface area contributed by atoms with Gasteiger partial charge in [0, 0.05) is 97.4 Å². The van der Waals surface area contributed by atoms with Gasteiger partial charge in [0.25, 0.3) is 0 Å². The second kappa shape index (κ2) is 18.7. The van der Waals surface area contributed by atoms with Gasteiger partial charge in [-0.1, -0.05) is 231 Å². The van der Waals surface area contributed by atoms with Crippen LogP contribution in [0.1, 0.15) is 0 Å². The molecule has 0 amide bonds. The Labute approximate surface area is 521 Å². The van der Waals surface area contributed by atoms with E-state index in [-0.39, 0.29) is 0 Å². The predicted molar refractivity (Wildman–Crippen MR) is 390 cm³/mol. The Balaban J connectivity index is 0.783. The number of rotatable bonds is 5. The van der Waals surface area contributed by atoms with Gasteiger partial charge in [0.15, 0.2) is 0 Å². The fraction of sp³-hybridized carbons (Fsp3) is 0. The van der Waals surface area contributed by atoms with Crippen LogP contribution in [-0.4, -0.2) is 0 Å². The van der Waals surface area contributed by atoms with Crippen LogP contribution >= 0.6 is 45.3 Å². The first kappa shape index (κ1) is 49.1. The molecule has 0 atom stereocenters. The van der Waals surface area contributed by atoms with Crippen molar-refractivity contribution in [2.45, 2.75) is 0 Å². The van der Waals surface area contributed by atoms with Gasteiger partial charge in [-0.05, 0) is 152 Å². The molecule has 0 fully saturated rings. The van der Waals surface area contributed by atoms with E-state index in [2.05, 4.69) is 279 Å². The lowest BCUT2D eigenvalue weighted by Crippen LogP contribution is -1.91. The van der Waals surface area contributed by atoms with Crippen molar-refractivity contribution in [2.24, 2.45) is 0 Å². The van der Waals surface area contributed by atoms with Crippen LogP contribution in [0.3, 0.4) is 0 Å². The third kappa shape index (κ3) is 7.00. The zero-order valence-electron chi connectivity index (χ0n) is 47.2. The van der Waals surface area contributed by atoms with Crippen LogP contribution in [0, 0.1) is 0 Å². The van der Waals surface area contributed by atoms with Crippen molar-refractivity contribution < 1.29 is 0 Å². The van der Waals surface area contributed by atoms with Gasteiger partial charge < -0.3 is 0 Å². The molecule has 406 valence electrons. The highest BCUT2D eigenvalue weighted by Gasteiger charge is 2.27. The van der Waals surface area contributed by atoms with E-state index in [9.17, 15) is 0 Å². The summed E-state index contributed by atoms with van der Waals surface area (Å²) in [6, 6.07) is 106. The molecule has 20 rings (SSSR count). The van der Waals surface area contributed by atoms with Crippen molar-refractivity contribution in [3.8, 4) is 55.6 Å². The molecule has 0 nitrogen and oxygen atoms in total. The Kier molecular flexibility index (Phi) is 10.5. The number of hydrogen-bond donors (Lipinski definition) is 0. The molecule has 0 saturated carbocycles. The summed E-state index contributed by atoms with van der Waals surface area (Å²) in [5, 5.41) is 26.0. The fourth-order valence-electron chi connectivity index (χ4n) is 15.2. The van der Waals surface area contributed by atoms with Crippen LogP contribution in [0.15, 0.2) is 279 Å². The molecule has 0 bridgehead atoms. The Bertz CT molecular complexity index is 6290. The van der Waals surface area contributed by atoms with E-state index in [1.807, 2.05) is 45.3 Å². The van der Waals surface area contributed by atoms with Crippen LogP contribution in [0.25, 0.3) is 201 Å². The highest BCUT2D eigenvalue weighted by Crippen LogP contribution is 2.56. The monoisotopic (exact) mass is 1180 g/mol. The van der Waals surface area contributed by atoms with Crippen molar-refractivity contribution in [1.29, 1.82) is 0 Å². The largest absolute Gasteiger partial charge is 0.135 e. The second-order valence-corrected chi connectivity index (χ2v) is 27.8. The van der Waals surface area contributed by atoms with Gasteiger partial charge in [-0.15, -0.1) is 45.3 Å². The standard InChI is InChI=1S/C84H46S4/c1-2-19-49(20-3-1)74-56-25-8-12-29-60(56)76(61-30-13-9-26-57(61)74)68-46-73-79(80-66-42-51-21-4-5-22-52(51)44-72(66)88-83(68)80)65-43-53(39-40-70(65)85-73)47-34-36-50(37-35-47)75-58-27-10-14-31-62(58)78(63-32-15-11-28-59(63)75)81-82-64(55-24-16-17-33-69(55)86-82)45-67-77-54-23-7-6-18-48(54)38-41-71(77)87-84(67)81/h1-46H. The van der Waals surface area contributed by atoms with Crippen LogP contribution in [0.4, 0.5) is 0 Å². The molecule has 88 heavy (non-hydrogen) atoms. The first-order valence-corrected chi connectivity index (χ1v) is 33.4. The van der Waals surface area contributed by atoms with E-state index in [1.165, 1.54) is 201 Å². The Morgan fingerprint density at radius 2 is 0.636 bits per heavy atom. The normalized spacial score (nSPS) is 12.3. The highest BCUT2D eigenvalue weighted by atomic mass is 32.1. The second-order valence-electron chi connectivity index (χ2n) is 23.6. The number of benzene rings is 16. The quantitative estimate of drug-likeness (QED) is 0.151. The molecule has 4 heterocycles. The molecule has 0 saturated heterocycles. The molecular formula is C84H46S4. The van der Waals surface area contributed by atoms with Gasteiger partial charge >= 0.3 is 0 Å². The molecule has 20 aromatic rings. The van der Waals surface area contributed by atoms with E-state index in [4.69, 9.17) is 0 Å². The lowest BCUT2D eigenvalue weighted by atomic mass is 9.85. The van der Waals surface area contributed by atoms with Crippen LogP contribution in [0.2, 0.25) is 0 Å². The number of fused-ring (bicyclic) bond motifs is 20. The van der Waals surface area contributed by atoms with Crippen LogP contribution in [0.5, 0.6) is 0 Å². The number of hydrogen-bond acceptors (Lipinski definition) is 4. The minimum Gasteiger partial charge on any atom is -0.135 e. The maximum atomic E-state index is 2.54. The van der Waals surface area contributed by atoms with Crippen molar-refractivity contribution in [1.82, 2.24) is 0 Å². The van der Waals surface area contributed by atoms with Crippen LogP contribution < -0.4 is 0 Å². The summed E-state index contributed by atoms with van der Waals surface area (Å²) in [6.45, 7) is 0. The average Bonchev–Trinajstić information content (AvgIpc) is 1.50. The first-order valence-electron chi connectivity index (χ1n) is 30.1. The maximum absolute atomic E-state index is 2.54. The molecule has 16 aromatic carbocycles. The molecule has 4 heteroatoms. The maximum Gasteiger partial charge on any atom is 0.0449 e. The van der Waals surface area contributed by atoms with Gasteiger partial charge in [0.1, 0.15) is 0 Å². The van der Waals surface area contributed by atoms with Gasteiger partial charge in [0.05, 0.1) is 0 Å². The summed E-state index contributed by atoms with van der Waals surface area (Å²) >= 11 is 7.77. The molecule has 4 aromatic heterocycles. The molecule has 0 aliphatic carbocycles. The summed E-state index contributed by atoms with van der Waals surface area (Å²) in [5.41, 5.74) is 12.7. The van der Waals surface area contributed by atoms with E-state index >= 15 is 0 Å². The van der Waals surface area contributed by atoms with Crippen LogP contribution in [-0.2, 0) is 0 Å².